The van der Waals surface area contributed by atoms with Crippen LogP contribution in [-0.2, 0) is 0 Å². The highest BCUT2D eigenvalue weighted by molar-refractivity contribution is 5.77. The maximum absolute atomic E-state index is 9.08. The summed E-state index contributed by atoms with van der Waals surface area (Å²) in [6.45, 7) is 4.23. The van der Waals surface area contributed by atoms with Gasteiger partial charge in [0.05, 0.1) is 35.9 Å². The molecule has 0 spiro atoms. The predicted octanol–water partition coefficient (Wildman–Crippen LogP) is 3.27. The molecular weight excluding hydrogens is 416 g/mol. The Labute approximate surface area is 191 Å². The first kappa shape index (κ1) is 21.0. The maximum atomic E-state index is 9.08. The number of hydrogen-bond donors (Lipinski definition) is 1. The Morgan fingerprint density at radius 2 is 1.94 bits per heavy atom. The molecule has 0 bridgehead atoms. The highest BCUT2D eigenvalue weighted by atomic mass is 15.5. The second-order valence-corrected chi connectivity index (χ2v) is 8.77. The number of pyridine rings is 2. The molecule has 1 aliphatic carbocycles. The molecule has 0 aromatic carbocycles. The zero-order valence-electron chi connectivity index (χ0n) is 18.7. The minimum absolute atomic E-state index is 0.166. The van der Waals surface area contributed by atoms with Gasteiger partial charge in [0.2, 0.25) is 0 Å². The molecule has 5 rings (SSSR count). The Morgan fingerprint density at radius 3 is 2.64 bits per heavy atom. The Hall–Kier alpha value is -3.84. The van der Waals surface area contributed by atoms with Crippen LogP contribution in [0.5, 0.6) is 0 Å². The molecule has 10 nitrogen and oxygen atoms in total. The van der Waals surface area contributed by atoms with Gasteiger partial charge in [0, 0.05) is 23.7 Å². The molecule has 0 radical (unpaired) electrons. The summed E-state index contributed by atoms with van der Waals surface area (Å²) < 4.78 is 3.65. The SMILES string of the molecule is CC(C)N(c1ccc(-n2ncc3cc(C#N)cnc32)nc1)c1cn(C2CCC(N)CC2)nn1. The van der Waals surface area contributed by atoms with Gasteiger partial charge in [-0.15, -0.1) is 5.10 Å². The summed E-state index contributed by atoms with van der Waals surface area (Å²) >= 11 is 0. The second kappa shape index (κ2) is 8.60. The van der Waals surface area contributed by atoms with Crippen LogP contribution >= 0.6 is 0 Å². The predicted molar refractivity (Wildman–Crippen MR) is 124 cm³/mol. The van der Waals surface area contributed by atoms with Crippen molar-refractivity contribution in [3.63, 3.8) is 0 Å². The molecule has 0 atom stereocenters. The third-order valence-corrected chi connectivity index (χ3v) is 6.14. The zero-order valence-corrected chi connectivity index (χ0v) is 18.7. The monoisotopic (exact) mass is 442 g/mol. The van der Waals surface area contributed by atoms with Crippen molar-refractivity contribution < 1.29 is 0 Å². The highest BCUT2D eigenvalue weighted by Gasteiger charge is 2.23. The third kappa shape index (κ3) is 4.03. The van der Waals surface area contributed by atoms with E-state index in [9.17, 15) is 0 Å². The molecule has 0 saturated heterocycles. The summed E-state index contributed by atoms with van der Waals surface area (Å²) in [6, 6.07) is 8.59. The summed E-state index contributed by atoms with van der Waals surface area (Å²) in [6.07, 6.45) is 11.2. The first-order valence-electron chi connectivity index (χ1n) is 11.2. The van der Waals surface area contributed by atoms with E-state index >= 15 is 0 Å². The molecule has 0 aliphatic heterocycles. The molecular formula is C23H26N10. The van der Waals surface area contributed by atoms with E-state index in [0.29, 0.717) is 29.1 Å². The van der Waals surface area contributed by atoms with E-state index in [2.05, 4.69) is 50.2 Å². The van der Waals surface area contributed by atoms with Crippen LogP contribution < -0.4 is 10.6 Å². The number of aromatic nitrogens is 7. The van der Waals surface area contributed by atoms with Crippen LogP contribution in [0.1, 0.15) is 51.1 Å². The Kier molecular flexibility index (Phi) is 5.48. The van der Waals surface area contributed by atoms with Crippen molar-refractivity contribution in [3.8, 4) is 11.9 Å². The highest BCUT2D eigenvalue weighted by Crippen LogP contribution is 2.30. The van der Waals surface area contributed by atoms with E-state index in [4.69, 9.17) is 11.0 Å². The Morgan fingerprint density at radius 1 is 1.12 bits per heavy atom. The van der Waals surface area contributed by atoms with Gasteiger partial charge in [0.15, 0.2) is 17.3 Å². The largest absolute Gasteiger partial charge is 0.328 e. The molecule has 33 heavy (non-hydrogen) atoms. The van der Waals surface area contributed by atoms with Crippen LogP contribution in [0.3, 0.4) is 0 Å². The number of nitrogens with zero attached hydrogens (tertiary/aromatic N) is 9. The van der Waals surface area contributed by atoms with Crippen LogP contribution in [0.2, 0.25) is 0 Å². The quantitative estimate of drug-likeness (QED) is 0.499. The number of rotatable bonds is 5. The first-order chi connectivity index (χ1) is 16.0. The van der Waals surface area contributed by atoms with Gasteiger partial charge in [-0.3, -0.25) is 0 Å². The van der Waals surface area contributed by atoms with E-state index in [1.165, 1.54) is 0 Å². The smallest absolute Gasteiger partial charge is 0.175 e. The topological polar surface area (TPSA) is 127 Å². The summed E-state index contributed by atoms with van der Waals surface area (Å²) in [4.78, 5) is 11.1. The summed E-state index contributed by atoms with van der Waals surface area (Å²) in [7, 11) is 0. The number of hydrogen-bond acceptors (Lipinski definition) is 8. The number of nitriles is 1. The van der Waals surface area contributed by atoms with Gasteiger partial charge in [-0.1, -0.05) is 5.21 Å². The van der Waals surface area contributed by atoms with Gasteiger partial charge >= 0.3 is 0 Å². The van der Waals surface area contributed by atoms with Crippen LogP contribution in [0.15, 0.2) is 43.0 Å². The molecule has 0 amide bonds. The molecule has 168 valence electrons. The van der Waals surface area contributed by atoms with Gasteiger partial charge in [-0.25, -0.2) is 14.6 Å². The van der Waals surface area contributed by atoms with E-state index in [0.717, 1.165) is 42.6 Å². The minimum Gasteiger partial charge on any atom is -0.328 e. The van der Waals surface area contributed by atoms with Gasteiger partial charge in [-0.2, -0.15) is 15.0 Å². The lowest BCUT2D eigenvalue weighted by Crippen LogP contribution is -2.28. The fraction of sp³-hybridized carbons (Fsp3) is 0.391. The van der Waals surface area contributed by atoms with Gasteiger partial charge in [0.1, 0.15) is 6.07 Å². The summed E-state index contributed by atoms with van der Waals surface area (Å²) in [5.41, 5.74) is 8.13. The fourth-order valence-electron chi connectivity index (χ4n) is 4.41. The van der Waals surface area contributed by atoms with Gasteiger partial charge in [0.25, 0.3) is 0 Å². The third-order valence-electron chi connectivity index (χ3n) is 6.14. The van der Waals surface area contributed by atoms with Crippen LogP contribution in [0, 0.1) is 11.3 Å². The fourth-order valence-corrected chi connectivity index (χ4v) is 4.41. The molecule has 0 unspecified atom stereocenters. The number of anilines is 2. The van der Waals surface area contributed by atoms with E-state index in [-0.39, 0.29) is 6.04 Å². The lowest BCUT2D eigenvalue weighted by Gasteiger charge is -2.27. The van der Waals surface area contributed by atoms with Crippen LogP contribution in [0.4, 0.5) is 11.5 Å². The average Bonchev–Trinajstić information content (AvgIpc) is 3.47. The molecule has 4 heterocycles. The maximum Gasteiger partial charge on any atom is 0.175 e. The summed E-state index contributed by atoms with van der Waals surface area (Å²) in [5, 5.41) is 23.2. The zero-order chi connectivity index (χ0) is 22.9. The lowest BCUT2D eigenvalue weighted by molar-refractivity contribution is 0.300. The Balaban J connectivity index is 1.41. The second-order valence-electron chi connectivity index (χ2n) is 8.77. The number of nitrogens with two attached hydrogens (primary N) is 1. The molecule has 2 N–H and O–H groups in total. The van der Waals surface area contributed by atoms with Crippen LogP contribution in [0.25, 0.3) is 16.9 Å². The summed E-state index contributed by atoms with van der Waals surface area (Å²) in [5.74, 6) is 1.45. The normalized spacial score (nSPS) is 18.5. The van der Waals surface area contributed by atoms with E-state index in [1.54, 1.807) is 23.1 Å². The van der Waals surface area contributed by atoms with Gasteiger partial charge in [-0.05, 0) is 57.7 Å². The van der Waals surface area contributed by atoms with Crippen molar-refractivity contribution in [2.24, 2.45) is 5.73 Å². The van der Waals surface area contributed by atoms with Crippen molar-refractivity contribution in [1.82, 2.24) is 34.7 Å². The molecule has 4 aromatic heterocycles. The van der Waals surface area contributed by atoms with Crippen molar-refractivity contribution in [2.75, 3.05) is 4.90 Å². The van der Waals surface area contributed by atoms with E-state index < -0.39 is 0 Å². The van der Waals surface area contributed by atoms with Crippen LogP contribution in [-0.4, -0.2) is 46.8 Å². The van der Waals surface area contributed by atoms with E-state index in [1.807, 2.05) is 29.2 Å². The van der Waals surface area contributed by atoms with Crippen molar-refractivity contribution in [1.29, 1.82) is 5.26 Å². The number of fused-ring (bicyclic) bond motifs is 1. The standard InChI is InChI=1S/C23H26N10/c1-15(2)32(22-14-31(30-29-22)19-5-3-18(25)4-6-19)20-7-8-21(26-13-20)33-23-17(12-28-33)9-16(10-24)11-27-23/h7-9,11-15,18-19H,3-6,25H2,1-2H3. The molecule has 1 saturated carbocycles. The van der Waals surface area contributed by atoms with Crippen molar-refractivity contribution in [2.45, 2.75) is 57.7 Å². The lowest BCUT2D eigenvalue weighted by atomic mass is 9.92. The molecule has 4 aromatic rings. The first-order valence-corrected chi connectivity index (χ1v) is 11.2. The Bertz CT molecular complexity index is 1290. The van der Waals surface area contributed by atoms with Crippen molar-refractivity contribution >= 4 is 22.5 Å². The molecule has 1 fully saturated rings. The van der Waals surface area contributed by atoms with Gasteiger partial charge < -0.3 is 10.6 Å². The molecule has 1 aliphatic rings. The molecule has 10 heteroatoms. The minimum atomic E-state index is 0.166. The van der Waals surface area contributed by atoms with Crippen molar-refractivity contribution in [3.05, 3.63) is 48.5 Å². The average molecular weight is 443 g/mol.